The lowest BCUT2D eigenvalue weighted by atomic mass is 10.0. The van der Waals surface area contributed by atoms with Gasteiger partial charge in [0.2, 0.25) is 0 Å². The van der Waals surface area contributed by atoms with E-state index in [1.165, 1.54) is 12.8 Å². The third kappa shape index (κ3) is 2.55. The minimum atomic E-state index is 0.334. The second kappa shape index (κ2) is 4.87. The van der Waals surface area contributed by atoms with Crippen LogP contribution in [0, 0.1) is 5.92 Å². The maximum atomic E-state index is 5.93. The monoisotopic (exact) mass is 241 g/mol. The average Bonchev–Trinajstić information content (AvgIpc) is 2.28. The SMILES string of the molecule is COc1nc(Cl)cc(N2CCCC(C)C2)n1. The molecule has 0 N–H and O–H groups in total. The Morgan fingerprint density at radius 3 is 3.00 bits per heavy atom. The number of ether oxygens (including phenoxy) is 1. The molecular formula is C11H16ClN3O. The molecule has 88 valence electrons. The lowest BCUT2D eigenvalue weighted by molar-refractivity contribution is 0.378. The van der Waals surface area contributed by atoms with Gasteiger partial charge in [0.15, 0.2) is 0 Å². The zero-order valence-electron chi connectivity index (χ0n) is 9.61. The van der Waals surface area contributed by atoms with Gasteiger partial charge in [-0.1, -0.05) is 18.5 Å². The van der Waals surface area contributed by atoms with Crippen molar-refractivity contribution in [1.82, 2.24) is 9.97 Å². The summed E-state index contributed by atoms with van der Waals surface area (Å²) in [5.74, 6) is 1.57. The molecule has 1 aromatic heterocycles. The standard InChI is InChI=1S/C11H16ClN3O/c1-8-4-3-5-15(7-8)10-6-9(12)13-11(14-10)16-2/h6,8H,3-5,7H2,1-2H3. The van der Waals surface area contributed by atoms with E-state index in [-0.39, 0.29) is 0 Å². The Morgan fingerprint density at radius 2 is 2.31 bits per heavy atom. The normalized spacial score (nSPS) is 20.9. The Balaban J connectivity index is 2.21. The second-order valence-corrected chi connectivity index (χ2v) is 4.62. The fourth-order valence-electron chi connectivity index (χ4n) is 2.04. The van der Waals surface area contributed by atoms with Crippen LogP contribution in [0.4, 0.5) is 5.82 Å². The number of rotatable bonds is 2. The van der Waals surface area contributed by atoms with Crippen molar-refractivity contribution >= 4 is 17.4 Å². The molecule has 1 saturated heterocycles. The van der Waals surface area contributed by atoms with Crippen LogP contribution in [0.1, 0.15) is 19.8 Å². The molecule has 0 aromatic carbocycles. The van der Waals surface area contributed by atoms with Gasteiger partial charge in [0.05, 0.1) is 7.11 Å². The molecule has 1 unspecified atom stereocenters. The molecule has 0 amide bonds. The van der Waals surface area contributed by atoms with Gasteiger partial charge in [-0.15, -0.1) is 0 Å². The van der Waals surface area contributed by atoms with Crippen molar-refractivity contribution in [3.8, 4) is 6.01 Å². The maximum absolute atomic E-state index is 5.93. The van der Waals surface area contributed by atoms with Gasteiger partial charge in [-0.2, -0.15) is 9.97 Å². The summed E-state index contributed by atoms with van der Waals surface area (Å²) in [6, 6.07) is 2.13. The van der Waals surface area contributed by atoms with E-state index in [1.807, 2.05) is 0 Å². The van der Waals surface area contributed by atoms with Crippen LogP contribution in [0.15, 0.2) is 6.07 Å². The number of aromatic nitrogens is 2. The summed E-state index contributed by atoms with van der Waals surface area (Å²) >= 11 is 5.93. The van der Waals surface area contributed by atoms with Crippen LogP contribution in [0.3, 0.4) is 0 Å². The van der Waals surface area contributed by atoms with Gasteiger partial charge in [0, 0.05) is 19.2 Å². The summed E-state index contributed by atoms with van der Waals surface area (Å²) in [4.78, 5) is 10.5. The summed E-state index contributed by atoms with van der Waals surface area (Å²) in [5, 5.41) is 0.431. The van der Waals surface area contributed by atoms with E-state index in [0.717, 1.165) is 18.9 Å². The topological polar surface area (TPSA) is 38.2 Å². The predicted molar refractivity (Wildman–Crippen MR) is 64.2 cm³/mol. The van der Waals surface area contributed by atoms with Gasteiger partial charge in [0.25, 0.3) is 0 Å². The molecule has 5 heteroatoms. The van der Waals surface area contributed by atoms with E-state index in [4.69, 9.17) is 16.3 Å². The van der Waals surface area contributed by atoms with Crippen LogP contribution in [0.25, 0.3) is 0 Å². The first-order valence-electron chi connectivity index (χ1n) is 5.52. The summed E-state index contributed by atoms with van der Waals surface area (Å²) in [6.07, 6.45) is 2.48. The Kier molecular flexibility index (Phi) is 3.49. The molecule has 1 aliphatic rings. The first-order valence-corrected chi connectivity index (χ1v) is 5.90. The van der Waals surface area contributed by atoms with Crippen molar-refractivity contribution < 1.29 is 4.74 Å². The Morgan fingerprint density at radius 1 is 1.50 bits per heavy atom. The van der Waals surface area contributed by atoms with Crippen LogP contribution < -0.4 is 9.64 Å². The van der Waals surface area contributed by atoms with E-state index >= 15 is 0 Å². The third-order valence-electron chi connectivity index (χ3n) is 2.82. The van der Waals surface area contributed by atoms with Gasteiger partial charge in [-0.05, 0) is 18.8 Å². The van der Waals surface area contributed by atoms with Crippen molar-refractivity contribution in [2.24, 2.45) is 5.92 Å². The lowest BCUT2D eigenvalue weighted by Crippen LogP contribution is -2.34. The molecule has 4 nitrogen and oxygen atoms in total. The molecule has 0 aliphatic carbocycles. The molecular weight excluding hydrogens is 226 g/mol. The summed E-state index contributed by atoms with van der Waals surface area (Å²) in [6.45, 7) is 4.31. The highest BCUT2D eigenvalue weighted by molar-refractivity contribution is 6.29. The van der Waals surface area contributed by atoms with Gasteiger partial charge >= 0.3 is 6.01 Å². The van der Waals surface area contributed by atoms with Gasteiger partial charge < -0.3 is 9.64 Å². The molecule has 0 radical (unpaired) electrons. The fraction of sp³-hybridized carbons (Fsp3) is 0.636. The molecule has 2 heterocycles. The van der Waals surface area contributed by atoms with E-state index in [9.17, 15) is 0 Å². The Labute approximate surface area is 101 Å². The first-order chi connectivity index (χ1) is 7.69. The summed E-state index contributed by atoms with van der Waals surface area (Å²) < 4.78 is 5.02. The zero-order valence-corrected chi connectivity index (χ0v) is 10.4. The van der Waals surface area contributed by atoms with Crippen LogP contribution in [-0.2, 0) is 0 Å². The van der Waals surface area contributed by atoms with E-state index in [0.29, 0.717) is 17.1 Å². The van der Waals surface area contributed by atoms with E-state index < -0.39 is 0 Å². The molecule has 2 rings (SSSR count). The van der Waals surface area contributed by atoms with Gasteiger partial charge in [-0.25, -0.2) is 0 Å². The number of hydrogen-bond acceptors (Lipinski definition) is 4. The molecule has 1 aromatic rings. The Bertz CT molecular complexity index is 372. The van der Waals surface area contributed by atoms with E-state index in [2.05, 4.69) is 21.8 Å². The molecule has 1 fully saturated rings. The molecule has 0 bridgehead atoms. The highest BCUT2D eigenvalue weighted by atomic mass is 35.5. The largest absolute Gasteiger partial charge is 0.467 e. The van der Waals surface area contributed by atoms with Crippen molar-refractivity contribution in [3.63, 3.8) is 0 Å². The zero-order chi connectivity index (χ0) is 11.5. The molecule has 16 heavy (non-hydrogen) atoms. The fourth-order valence-corrected chi connectivity index (χ4v) is 2.21. The van der Waals surface area contributed by atoms with Crippen molar-refractivity contribution in [1.29, 1.82) is 0 Å². The summed E-state index contributed by atoms with van der Waals surface area (Å²) in [5.41, 5.74) is 0. The predicted octanol–water partition coefficient (Wildman–Crippen LogP) is 2.37. The minimum absolute atomic E-state index is 0.334. The van der Waals surface area contributed by atoms with Crippen LogP contribution >= 0.6 is 11.6 Å². The maximum Gasteiger partial charge on any atom is 0.319 e. The first kappa shape index (κ1) is 11.5. The number of halogens is 1. The Hall–Kier alpha value is -1.03. The van der Waals surface area contributed by atoms with Gasteiger partial charge in [-0.3, -0.25) is 0 Å². The third-order valence-corrected chi connectivity index (χ3v) is 3.02. The van der Waals surface area contributed by atoms with Crippen molar-refractivity contribution in [2.75, 3.05) is 25.1 Å². The van der Waals surface area contributed by atoms with Crippen LogP contribution in [0.5, 0.6) is 6.01 Å². The van der Waals surface area contributed by atoms with Gasteiger partial charge in [0.1, 0.15) is 11.0 Å². The highest BCUT2D eigenvalue weighted by Crippen LogP contribution is 2.24. The number of piperidine rings is 1. The second-order valence-electron chi connectivity index (χ2n) is 4.23. The molecule has 1 atom stereocenters. The highest BCUT2D eigenvalue weighted by Gasteiger charge is 2.18. The van der Waals surface area contributed by atoms with Crippen LogP contribution in [0.2, 0.25) is 5.15 Å². The van der Waals surface area contributed by atoms with E-state index in [1.54, 1.807) is 13.2 Å². The molecule has 0 spiro atoms. The lowest BCUT2D eigenvalue weighted by Gasteiger charge is -2.31. The summed E-state index contributed by atoms with van der Waals surface area (Å²) in [7, 11) is 1.55. The smallest absolute Gasteiger partial charge is 0.319 e. The number of nitrogens with zero attached hydrogens (tertiary/aromatic N) is 3. The van der Waals surface area contributed by atoms with Crippen LogP contribution in [-0.4, -0.2) is 30.2 Å². The number of hydrogen-bond donors (Lipinski definition) is 0. The molecule has 0 saturated carbocycles. The van der Waals surface area contributed by atoms with Crippen molar-refractivity contribution in [2.45, 2.75) is 19.8 Å². The minimum Gasteiger partial charge on any atom is -0.467 e. The van der Waals surface area contributed by atoms with Crippen molar-refractivity contribution in [3.05, 3.63) is 11.2 Å². The molecule has 1 aliphatic heterocycles. The average molecular weight is 242 g/mol. The number of anilines is 1. The quantitative estimate of drug-likeness (QED) is 0.746. The number of methoxy groups -OCH3 is 1.